The molecule has 0 heterocycles. The Labute approximate surface area is 134 Å². The number of hydrogen-bond donors (Lipinski definition) is 1. The quantitative estimate of drug-likeness (QED) is 0.772. The van der Waals surface area contributed by atoms with Gasteiger partial charge >= 0.3 is 0 Å². The van der Waals surface area contributed by atoms with Gasteiger partial charge in [0.1, 0.15) is 11.5 Å². The third-order valence-corrected chi connectivity index (χ3v) is 3.26. The van der Waals surface area contributed by atoms with Crippen LogP contribution in [0.1, 0.15) is 12.0 Å². The molecule has 0 saturated carbocycles. The lowest BCUT2D eigenvalue weighted by molar-refractivity contribution is 0.247. The van der Waals surface area contributed by atoms with E-state index in [2.05, 4.69) is 0 Å². The van der Waals surface area contributed by atoms with Gasteiger partial charge in [-0.25, -0.2) is 0 Å². The number of rotatable bonds is 7. The summed E-state index contributed by atoms with van der Waals surface area (Å²) in [5.41, 5.74) is 6.63. The zero-order valence-corrected chi connectivity index (χ0v) is 13.0. The van der Waals surface area contributed by atoms with E-state index in [-0.39, 0.29) is 0 Å². The van der Waals surface area contributed by atoms with Gasteiger partial charge in [0.05, 0.1) is 13.2 Å². The van der Waals surface area contributed by atoms with Crippen molar-refractivity contribution in [2.24, 2.45) is 5.73 Å². The van der Waals surface area contributed by atoms with Crippen molar-refractivity contribution in [3.05, 3.63) is 58.1 Å². The van der Waals surface area contributed by atoms with E-state index < -0.39 is 0 Å². The van der Waals surface area contributed by atoms with Gasteiger partial charge in [-0.05, 0) is 35.9 Å². The Hall–Kier alpha value is -1.42. The summed E-state index contributed by atoms with van der Waals surface area (Å²) in [6, 6.07) is 12.9. The van der Waals surface area contributed by atoms with Gasteiger partial charge in [-0.1, -0.05) is 35.3 Å². The van der Waals surface area contributed by atoms with Gasteiger partial charge in [0, 0.05) is 23.0 Å². The molecule has 0 aliphatic rings. The van der Waals surface area contributed by atoms with E-state index in [1.54, 1.807) is 18.2 Å². The minimum absolute atomic E-state index is 0.538. The summed E-state index contributed by atoms with van der Waals surface area (Å²) in [7, 11) is 0. The van der Waals surface area contributed by atoms with Crippen molar-refractivity contribution in [1.82, 2.24) is 0 Å². The Balaban J connectivity index is 1.69. The van der Waals surface area contributed by atoms with E-state index in [0.29, 0.717) is 35.6 Å². The predicted octanol–water partition coefficient (Wildman–Crippen LogP) is 4.30. The monoisotopic (exact) mass is 325 g/mol. The fraction of sp³-hybridized carbons (Fsp3) is 0.250. The highest BCUT2D eigenvalue weighted by Crippen LogP contribution is 2.24. The molecule has 2 aromatic rings. The summed E-state index contributed by atoms with van der Waals surface area (Å²) >= 11 is 11.8. The van der Waals surface area contributed by atoms with E-state index in [1.807, 2.05) is 24.3 Å². The first kappa shape index (κ1) is 16.0. The zero-order chi connectivity index (χ0) is 15.1. The van der Waals surface area contributed by atoms with Crippen LogP contribution >= 0.6 is 23.2 Å². The maximum Gasteiger partial charge on any atom is 0.122 e. The van der Waals surface area contributed by atoms with Crippen molar-refractivity contribution in [2.45, 2.75) is 13.0 Å². The van der Waals surface area contributed by atoms with Gasteiger partial charge in [0.15, 0.2) is 0 Å². The van der Waals surface area contributed by atoms with E-state index in [0.717, 1.165) is 17.7 Å². The van der Waals surface area contributed by atoms with Crippen LogP contribution in [-0.4, -0.2) is 13.2 Å². The summed E-state index contributed by atoms with van der Waals surface area (Å²) in [4.78, 5) is 0. The van der Waals surface area contributed by atoms with Crippen LogP contribution in [0.25, 0.3) is 0 Å². The average Bonchev–Trinajstić information content (AvgIpc) is 2.46. The highest BCUT2D eigenvalue weighted by Gasteiger charge is 2.00. The third kappa shape index (κ3) is 5.46. The SMILES string of the molecule is NCc1ccc(OCCCOc2cc(Cl)cc(Cl)c2)cc1. The molecule has 0 fully saturated rings. The molecule has 2 N–H and O–H groups in total. The van der Waals surface area contributed by atoms with E-state index in [9.17, 15) is 0 Å². The minimum atomic E-state index is 0.538. The van der Waals surface area contributed by atoms with Crippen molar-refractivity contribution in [2.75, 3.05) is 13.2 Å². The summed E-state index contributed by atoms with van der Waals surface area (Å²) in [6.07, 6.45) is 0.767. The first-order valence-electron chi connectivity index (χ1n) is 6.68. The summed E-state index contributed by atoms with van der Waals surface area (Å²) in [6.45, 7) is 1.66. The second kappa shape index (κ2) is 8.13. The van der Waals surface area contributed by atoms with Crippen LogP contribution in [0, 0.1) is 0 Å². The van der Waals surface area contributed by atoms with Gasteiger partial charge in [-0.2, -0.15) is 0 Å². The Bertz CT molecular complexity index is 553. The molecule has 3 nitrogen and oxygen atoms in total. The molecule has 0 unspecified atom stereocenters. The largest absolute Gasteiger partial charge is 0.493 e. The van der Waals surface area contributed by atoms with Crippen LogP contribution in [0.15, 0.2) is 42.5 Å². The number of nitrogens with two attached hydrogens (primary N) is 1. The molecular weight excluding hydrogens is 309 g/mol. The van der Waals surface area contributed by atoms with E-state index in [1.165, 1.54) is 0 Å². The van der Waals surface area contributed by atoms with Crippen molar-refractivity contribution < 1.29 is 9.47 Å². The molecule has 2 aromatic carbocycles. The topological polar surface area (TPSA) is 44.5 Å². The van der Waals surface area contributed by atoms with Crippen molar-refractivity contribution >= 4 is 23.2 Å². The molecule has 0 spiro atoms. The van der Waals surface area contributed by atoms with Crippen molar-refractivity contribution in [3.8, 4) is 11.5 Å². The van der Waals surface area contributed by atoms with Gasteiger partial charge in [-0.15, -0.1) is 0 Å². The van der Waals surface area contributed by atoms with Gasteiger partial charge in [0.25, 0.3) is 0 Å². The van der Waals surface area contributed by atoms with Crippen LogP contribution in [-0.2, 0) is 6.54 Å². The maximum atomic E-state index is 5.90. The standard InChI is InChI=1S/C16H17Cl2NO2/c17-13-8-14(18)10-16(9-13)21-7-1-6-20-15-4-2-12(11-19)3-5-15/h2-5,8-10H,1,6-7,11,19H2. The van der Waals surface area contributed by atoms with Crippen LogP contribution in [0.4, 0.5) is 0 Å². The highest BCUT2D eigenvalue weighted by atomic mass is 35.5. The molecule has 21 heavy (non-hydrogen) atoms. The summed E-state index contributed by atoms with van der Waals surface area (Å²) in [5.74, 6) is 1.50. The molecule has 0 radical (unpaired) electrons. The molecular formula is C16H17Cl2NO2. The van der Waals surface area contributed by atoms with Crippen LogP contribution < -0.4 is 15.2 Å². The Kier molecular flexibility index (Phi) is 6.18. The van der Waals surface area contributed by atoms with E-state index >= 15 is 0 Å². The second-order valence-electron chi connectivity index (χ2n) is 4.50. The fourth-order valence-electron chi connectivity index (χ4n) is 1.77. The smallest absolute Gasteiger partial charge is 0.122 e. The Morgan fingerprint density at radius 3 is 1.95 bits per heavy atom. The number of hydrogen-bond acceptors (Lipinski definition) is 3. The molecule has 0 saturated heterocycles. The zero-order valence-electron chi connectivity index (χ0n) is 11.5. The number of halogens is 2. The van der Waals surface area contributed by atoms with Crippen LogP contribution in [0.2, 0.25) is 10.0 Å². The fourth-order valence-corrected chi connectivity index (χ4v) is 2.28. The molecule has 0 amide bonds. The lowest BCUT2D eigenvalue weighted by Crippen LogP contribution is -2.05. The minimum Gasteiger partial charge on any atom is -0.493 e. The van der Waals surface area contributed by atoms with Crippen molar-refractivity contribution in [1.29, 1.82) is 0 Å². The molecule has 0 bridgehead atoms. The molecule has 112 valence electrons. The summed E-state index contributed by atoms with van der Waals surface area (Å²) in [5, 5.41) is 1.13. The van der Waals surface area contributed by atoms with Gasteiger partial charge in [0.2, 0.25) is 0 Å². The molecule has 0 aromatic heterocycles. The Morgan fingerprint density at radius 1 is 0.810 bits per heavy atom. The molecule has 5 heteroatoms. The second-order valence-corrected chi connectivity index (χ2v) is 5.38. The first-order valence-corrected chi connectivity index (χ1v) is 7.43. The van der Waals surface area contributed by atoms with Gasteiger partial charge in [-0.3, -0.25) is 0 Å². The maximum absolute atomic E-state index is 5.90. The van der Waals surface area contributed by atoms with E-state index in [4.69, 9.17) is 38.4 Å². The van der Waals surface area contributed by atoms with Gasteiger partial charge < -0.3 is 15.2 Å². The number of benzene rings is 2. The number of ether oxygens (including phenoxy) is 2. The average molecular weight is 326 g/mol. The lowest BCUT2D eigenvalue weighted by Gasteiger charge is -2.09. The van der Waals surface area contributed by atoms with Crippen LogP contribution in [0.3, 0.4) is 0 Å². The summed E-state index contributed by atoms with van der Waals surface area (Å²) < 4.78 is 11.2. The molecule has 2 rings (SSSR count). The molecule has 0 aliphatic carbocycles. The molecule has 0 aliphatic heterocycles. The first-order chi connectivity index (χ1) is 10.2. The lowest BCUT2D eigenvalue weighted by atomic mass is 10.2. The normalized spacial score (nSPS) is 10.4. The Morgan fingerprint density at radius 2 is 1.38 bits per heavy atom. The molecule has 0 atom stereocenters. The predicted molar refractivity (Wildman–Crippen MR) is 86.4 cm³/mol. The van der Waals surface area contributed by atoms with Crippen molar-refractivity contribution in [3.63, 3.8) is 0 Å². The third-order valence-electron chi connectivity index (χ3n) is 2.82. The highest BCUT2D eigenvalue weighted by molar-refractivity contribution is 6.34. The van der Waals surface area contributed by atoms with Crippen LogP contribution in [0.5, 0.6) is 11.5 Å².